The lowest BCUT2D eigenvalue weighted by Crippen LogP contribution is -2.18. The second kappa shape index (κ2) is 12.0. The maximum Gasteiger partial charge on any atom is 0.0919 e. The average molecular weight is 396 g/mol. The van der Waals surface area contributed by atoms with Crippen LogP contribution in [0.1, 0.15) is 43.6 Å². The van der Waals surface area contributed by atoms with Crippen LogP contribution in [0.25, 0.3) is 0 Å². The largest absolute Gasteiger partial charge is 0.411 e. The van der Waals surface area contributed by atoms with Crippen LogP contribution in [0.3, 0.4) is 0 Å². The predicted molar refractivity (Wildman–Crippen MR) is 121 cm³/mol. The normalized spacial score (nSPS) is 18.6. The molecule has 1 atom stereocenters. The van der Waals surface area contributed by atoms with Gasteiger partial charge in [-0.15, -0.1) is 16.9 Å². The minimum atomic E-state index is 0.498. The number of allylic oxidation sites excluding steroid dienone is 7. The molecule has 1 aromatic rings. The molecular formula is C23H29N3OS. The molecule has 0 fully saturated rings. The van der Waals surface area contributed by atoms with E-state index < -0.39 is 0 Å². The van der Waals surface area contributed by atoms with Crippen molar-refractivity contribution in [1.82, 2.24) is 0 Å². The van der Waals surface area contributed by atoms with Gasteiger partial charge < -0.3 is 10.9 Å². The van der Waals surface area contributed by atoms with Gasteiger partial charge >= 0.3 is 0 Å². The van der Waals surface area contributed by atoms with Crippen molar-refractivity contribution in [2.75, 3.05) is 5.75 Å². The zero-order valence-electron chi connectivity index (χ0n) is 16.2. The van der Waals surface area contributed by atoms with E-state index >= 15 is 0 Å². The van der Waals surface area contributed by atoms with Crippen LogP contribution in [0.15, 0.2) is 82.7 Å². The zero-order valence-corrected chi connectivity index (χ0v) is 17.0. The fourth-order valence-corrected chi connectivity index (χ4v) is 4.39. The van der Waals surface area contributed by atoms with Crippen molar-refractivity contribution in [2.24, 2.45) is 10.9 Å². The molecule has 0 aliphatic heterocycles. The third-order valence-corrected chi connectivity index (χ3v) is 5.82. The van der Waals surface area contributed by atoms with E-state index in [-0.39, 0.29) is 0 Å². The molecule has 2 aliphatic rings. The summed E-state index contributed by atoms with van der Waals surface area (Å²) in [5.41, 5.74) is 11.1. The number of rotatable bonds is 5. The van der Waals surface area contributed by atoms with Crippen LogP contribution in [-0.4, -0.2) is 22.7 Å². The number of oxime groups is 1. The second-order valence-corrected chi connectivity index (χ2v) is 7.87. The summed E-state index contributed by atoms with van der Waals surface area (Å²) in [4.78, 5) is 0. The summed E-state index contributed by atoms with van der Waals surface area (Å²) in [5.74, 6) is 1.45. The van der Waals surface area contributed by atoms with Crippen molar-refractivity contribution in [1.29, 1.82) is 5.41 Å². The Morgan fingerprint density at radius 3 is 2.71 bits per heavy atom. The predicted octanol–water partition coefficient (Wildman–Crippen LogP) is 5.79. The van der Waals surface area contributed by atoms with Crippen molar-refractivity contribution in [3.63, 3.8) is 0 Å². The lowest BCUT2D eigenvalue weighted by molar-refractivity contribution is 0.323. The summed E-state index contributed by atoms with van der Waals surface area (Å²) in [5, 5.41) is 18.4. The standard InChI is InChI=1S/C22H26N2S.CH3NO/c23-21-16-19(18-10-6-3-7-11-18)12-13-20(21)22(24)25-15-14-17-8-4-1-2-5-9-17;1-2-3/h1-8,10-11,19,24H,9,12-16,23H2;3H,1H2. The number of nitrogens with one attached hydrogen (secondary N) is 1. The van der Waals surface area contributed by atoms with Crippen LogP contribution < -0.4 is 5.73 Å². The van der Waals surface area contributed by atoms with Crippen molar-refractivity contribution in [3.8, 4) is 0 Å². The van der Waals surface area contributed by atoms with Gasteiger partial charge in [-0.3, -0.25) is 5.41 Å². The molecule has 0 spiro atoms. The summed E-state index contributed by atoms with van der Waals surface area (Å²) in [6.45, 7) is 2.67. The number of hydrogen-bond donors (Lipinski definition) is 3. The summed E-state index contributed by atoms with van der Waals surface area (Å²) >= 11 is 1.64. The van der Waals surface area contributed by atoms with Gasteiger partial charge in [-0.25, -0.2) is 0 Å². The number of benzene rings is 1. The maximum absolute atomic E-state index is 8.42. The van der Waals surface area contributed by atoms with E-state index in [4.69, 9.17) is 16.4 Å². The van der Waals surface area contributed by atoms with Crippen molar-refractivity contribution in [2.45, 2.75) is 38.0 Å². The highest BCUT2D eigenvalue weighted by Crippen LogP contribution is 2.36. The second-order valence-electron chi connectivity index (χ2n) is 6.77. The quantitative estimate of drug-likeness (QED) is 0.255. The summed E-state index contributed by atoms with van der Waals surface area (Å²) in [7, 11) is 0. The molecule has 0 bridgehead atoms. The Labute approximate surface area is 172 Å². The van der Waals surface area contributed by atoms with Crippen LogP contribution >= 0.6 is 11.8 Å². The monoisotopic (exact) mass is 395 g/mol. The highest BCUT2D eigenvalue weighted by atomic mass is 32.2. The van der Waals surface area contributed by atoms with Gasteiger partial charge in [0.25, 0.3) is 0 Å². The Bertz CT molecular complexity index is 778. The van der Waals surface area contributed by atoms with Gasteiger partial charge in [0.2, 0.25) is 0 Å². The molecule has 148 valence electrons. The average Bonchev–Trinajstić information content (AvgIpc) is 2.98. The van der Waals surface area contributed by atoms with E-state index in [1.807, 2.05) is 0 Å². The molecular weight excluding hydrogens is 366 g/mol. The van der Waals surface area contributed by atoms with E-state index in [9.17, 15) is 0 Å². The fourth-order valence-electron chi connectivity index (χ4n) is 3.42. The van der Waals surface area contributed by atoms with Crippen LogP contribution in [0.4, 0.5) is 0 Å². The van der Waals surface area contributed by atoms with Gasteiger partial charge in [-0.05, 0) is 43.6 Å². The van der Waals surface area contributed by atoms with Crippen LogP contribution in [0.2, 0.25) is 0 Å². The van der Waals surface area contributed by atoms with Gasteiger partial charge in [0.1, 0.15) is 0 Å². The molecule has 0 amide bonds. The first-order valence-corrected chi connectivity index (χ1v) is 10.5. The molecule has 3 rings (SSSR count). The summed E-state index contributed by atoms with van der Waals surface area (Å²) < 4.78 is 0. The van der Waals surface area contributed by atoms with Crippen LogP contribution in [0.5, 0.6) is 0 Å². The van der Waals surface area contributed by atoms with Gasteiger partial charge in [0.05, 0.1) is 5.04 Å². The lowest BCUT2D eigenvalue weighted by atomic mass is 9.83. The molecule has 2 aliphatic carbocycles. The molecule has 0 heterocycles. The molecule has 0 radical (unpaired) electrons. The van der Waals surface area contributed by atoms with E-state index in [1.165, 1.54) is 11.1 Å². The van der Waals surface area contributed by atoms with Crippen molar-refractivity contribution < 1.29 is 5.21 Å². The lowest BCUT2D eigenvalue weighted by Gasteiger charge is -2.26. The summed E-state index contributed by atoms with van der Waals surface area (Å²) in [6.07, 6.45) is 15.6. The molecule has 0 saturated heterocycles. The topological polar surface area (TPSA) is 82.5 Å². The van der Waals surface area contributed by atoms with Crippen molar-refractivity contribution >= 4 is 23.5 Å². The minimum absolute atomic E-state index is 0.498. The minimum Gasteiger partial charge on any atom is -0.411 e. The molecule has 28 heavy (non-hydrogen) atoms. The Morgan fingerprint density at radius 2 is 2.00 bits per heavy atom. The Morgan fingerprint density at radius 1 is 1.25 bits per heavy atom. The molecule has 0 saturated carbocycles. The van der Waals surface area contributed by atoms with Gasteiger partial charge in [-0.1, -0.05) is 66.3 Å². The van der Waals surface area contributed by atoms with Crippen LogP contribution in [-0.2, 0) is 0 Å². The highest BCUT2D eigenvalue weighted by molar-refractivity contribution is 8.14. The first-order valence-electron chi connectivity index (χ1n) is 9.51. The Balaban J connectivity index is 0.000000878. The van der Waals surface area contributed by atoms with Gasteiger partial charge in [0.15, 0.2) is 0 Å². The summed E-state index contributed by atoms with van der Waals surface area (Å²) in [6, 6.07) is 10.6. The molecule has 5 heteroatoms. The maximum atomic E-state index is 8.42. The fraction of sp³-hybridized carbons (Fsp3) is 0.304. The van der Waals surface area contributed by atoms with E-state index in [2.05, 4.69) is 72.6 Å². The molecule has 0 aromatic heterocycles. The van der Waals surface area contributed by atoms with Crippen LogP contribution in [0, 0.1) is 5.41 Å². The van der Waals surface area contributed by atoms with Gasteiger partial charge in [-0.2, -0.15) is 0 Å². The Hall–Kier alpha value is -2.53. The number of thioether (sulfide) groups is 1. The zero-order chi connectivity index (χ0) is 20.2. The molecule has 4 N–H and O–H groups in total. The number of nitrogens with two attached hydrogens (primary N) is 1. The van der Waals surface area contributed by atoms with E-state index in [0.717, 1.165) is 49.1 Å². The smallest absolute Gasteiger partial charge is 0.0919 e. The van der Waals surface area contributed by atoms with Crippen molar-refractivity contribution in [3.05, 3.63) is 83.1 Å². The SMILES string of the molecule is C=NO.N=C(SCCC1=CC=CC=CC1)C1=C(N)CC(c2ccccc2)CC1. The molecule has 1 unspecified atom stereocenters. The molecule has 4 nitrogen and oxygen atoms in total. The molecule has 1 aromatic carbocycles. The first kappa shape index (κ1) is 21.8. The first-order chi connectivity index (χ1) is 13.7. The third kappa shape index (κ3) is 6.89. The number of hydrogen-bond acceptors (Lipinski definition) is 5. The highest BCUT2D eigenvalue weighted by Gasteiger charge is 2.23. The third-order valence-electron chi connectivity index (χ3n) is 4.88. The number of nitrogens with zero attached hydrogens (tertiary/aromatic N) is 1. The Kier molecular flexibility index (Phi) is 9.35. The van der Waals surface area contributed by atoms with Gasteiger partial charge in [0, 0.05) is 23.7 Å². The van der Waals surface area contributed by atoms with E-state index in [1.54, 1.807) is 11.8 Å². The van der Waals surface area contributed by atoms with E-state index in [0.29, 0.717) is 11.0 Å².